The van der Waals surface area contributed by atoms with Crippen molar-refractivity contribution in [2.75, 3.05) is 20.1 Å². The Kier molecular flexibility index (Phi) is 5.79. The van der Waals surface area contributed by atoms with Crippen LogP contribution in [0.3, 0.4) is 0 Å². The van der Waals surface area contributed by atoms with Crippen LogP contribution in [0.1, 0.15) is 52.9 Å². The molecule has 3 nitrogen and oxygen atoms in total. The highest BCUT2D eigenvalue weighted by molar-refractivity contribution is 5.79. The predicted octanol–water partition coefficient (Wildman–Crippen LogP) is 2.78. The van der Waals surface area contributed by atoms with Gasteiger partial charge in [0.05, 0.1) is 0 Å². The highest BCUT2D eigenvalue weighted by Gasteiger charge is 2.34. The van der Waals surface area contributed by atoms with Crippen molar-refractivity contribution in [1.82, 2.24) is 10.6 Å². The highest BCUT2D eigenvalue weighted by Crippen LogP contribution is 2.42. The monoisotopic (exact) mass is 239 g/mol. The summed E-state index contributed by atoms with van der Waals surface area (Å²) in [5.74, 6) is 1.73. The zero-order valence-corrected chi connectivity index (χ0v) is 12.0. The van der Waals surface area contributed by atoms with Gasteiger partial charge in [0.15, 0.2) is 5.96 Å². The van der Waals surface area contributed by atoms with Crippen LogP contribution in [0.2, 0.25) is 0 Å². The van der Waals surface area contributed by atoms with E-state index in [4.69, 9.17) is 0 Å². The quantitative estimate of drug-likeness (QED) is 0.572. The van der Waals surface area contributed by atoms with Crippen LogP contribution in [0.5, 0.6) is 0 Å². The number of hydrogen-bond acceptors (Lipinski definition) is 1. The van der Waals surface area contributed by atoms with Crippen molar-refractivity contribution in [3.63, 3.8) is 0 Å². The molecule has 0 spiro atoms. The van der Waals surface area contributed by atoms with Gasteiger partial charge in [-0.15, -0.1) is 0 Å². The Morgan fingerprint density at radius 1 is 1.24 bits per heavy atom. The third-order valence-electron chi connectivity index (χ3n) is 3.70. The standard InChI is InChI=1S/C14H29N3/c1-5-16-13(15-4)17-11-14(10-12(2)3)8-6-7-9-14/h12H,5-11H2,1-4H3,(H2,15,16,17). The van der Waals surface area contributed by atoms with E-state index in [1.54, 1.807) is 0 Å². The van der Waals surface area contributed by atoms with Gasteiger partial charge in [0.1, 0.15) is 0 Å². The van der Waals surface area contributed by atoms with Crippen LogP contribution in [-0.4, -0.2) is 26.1 Å². The zero-order valence-electron chi connectivity index (χ0n) is 12.0. The van der Waals surface area contributed by atoms with E-state index in [9.17, 15) is 0 Å². The average Bonchev–Trinajstić information content (AvgIpc) is 2.72. The molecule has 0 amide bonds. The van der Waals surface area contributed by atoms with E-state index >= 15 is 0 Å². The molecule has 0 saturated heterocycles. The van der Waals surface area contributed by atoms with E-state index in [0.717, 1.165) is 25.0 Å². The maximum atomic E-state index is 4.24. The van der Waals surface area contributed by atoms with Crippen LogP contribution >= 0.6 is 0 Å². The van der Waals surface area contributed by atoms with E-state index < -0.39 is 0 Å². The van der Waals surface area contributed by atoms with E-state index in [1.807, 2.05) is 7.05 Å². The molecule has 1 aliphatic carbocycles. The molecule has 3 heteroatoms. The van der Waals surface area contributed by atoms with Crippen molar-refractivity contribution in [1.29, 1.82) is 0 Å². The van der Waals surface area contributed by atoms with Crippen molar-refractivity contribution in [2.24, 2.45) is 16.3 Å². The molecule has 0 aromatic rings. The molecule has 100 valence electrons. The van der Waals surface area contributed by atoms with Gasteiger partial charge in [-0.05, 0) is 37.5 Å². The lowest BCUT2D eigenvalue weighted by Crippen LogP contribution is -2.43. The second-order valence-electron chi connectivity index (χ2n) is 5.76. The Hall–Kier alpha value is -0.730. The Morgan fingerprint density at radius 2 is 1.88 bits per heavy atom. The number of nitrogens with zero attached hydrogens (tertiary/aromatic N) is 1. The lowest BCUT2D eigenvalue weighted by Gasteiger charge is -2.31. The molecule has 0 aromatic heterocycles. The van der Waals surface area contributed by atoms with Crippen molar-refractivity contribution >= 4 is 5.96 Å². The summed E-state index contributed by atoms with van der Waals surface area (Å²) in [7, 11) is 1.84. The molecule has 1 saturated carbocycles. The van der Waals surface area contributed by atoms with E-state index in [2.05, 4.69) is 36.4 Å². The minimum Gasteiger partial charge on any atom is -0.357 e. The van der Waals surface area contributed by atoms with Crippen molar-refractivity contribution < 1.29 is 0 Å². The molecule has 0 heterocycles. The molecule has 1 rings (SSSR count). The van der Waals surface area contributed by atoms with E-state index in [1.165, 1.54) is 32.1 Å². The third-order valence-corrected chi connectivity index (χ3v) is 3.70. The Morgan fingerprint density at radius 3 is 2.35 bits per heavy atom. The average molecular weight is 239 g/mol. The normalized spacial score (nSPS) is 19.7. The molecule has 0 radical (unpaired) electrons. The molecule has 0 aromatic carbocycles. The summed E-state index contributed by atoms with van der Waals surface area (Å²) >= 11 is 0. The van der Waals surface area contributed by atoms with Gasteiger partial charge in [-0.3, -0.25) is 4.99 Å². The van der Waals surface area contributed by atoms with Gasteiger partial charge < -0.3 is 10.6 Å². The summed E-state index contributed by atoms with van der Waals surface area (Å²) in [6.07, 6.45) is 6.88. The molecule has 0 bridgehead atoms. The first-order chi connectivity index (χ1) is 8.12. The van der Waals surface area contributed by atoms with Crippen LogP contribution in [0, 0.1) is 11.3 Å². The Balaban J connectivity index is 2.49. The van der Waals surface area contributed by atoms with Crippen molar-refractivity contribution in [2.45, 2.75) is 52.9 Å². The van der Waals surface area contributed by atoms with Crippen LogP contribution in [-0.2, 0) is 0 Å². The van der Waals surface area contributed by atoms with Crippen LogP contribution < -0.4 is 10.6 Å². The first-order valence-corrected chi connectivity index (χ1v) is 7.06. The lowest BCUT2D eigenvalue weighted by molar-refractivity contribution is 0.235. The van der Waals surface area contributed by atoms with Crippen molar-refractivity contribution in [3.8, 4) is 0 Å². The van der Waals surface area contributed by atoms with Gasteiger partial charge in [-0.25, -0.2) is 0 Å². The fourth-order valence-corrected chi connectivity index (χ4v) is 3.10. The molecule has 2 N–H and O–H groups in total. The van der Waals surface area contributed by atoms with Crippen molar-refractivity contribution in [3.05, 3.63) is 0 Å². The Labute approximate surface area is 106 Å². The summed E-state index contributed by atoms with van der Waals surface area (Å²) in [4.78, 5) is 4.24. The van der Waals surface area contributed by atoms with Gasteiger partial charge in [-0.1, -0.05) is 26.7 Å². The second kappa shape index (κ2) is 6.87. The van der Waals surface area contributed by atoms with Gasteiger partial charge in [0.2, 0.25) is 0 Å². The molecular formula is C14H29N3. The van der Waals surface area contributed by atoms with Crippen LogP contribution in [0.15, 0.2) is 4.99 Å². The maximum Gasteiger partial charge on any atom is 0.190 e. The first-order valence-electron chi connectivity index (χ1n) is 7.06. The number of rotatable bonds is 5. The molecular weight excluding hydrogens is 210 g/mol. The summed E-state index contributed by atoms with van der Waals surface area (Å²) < 4.78 is 0. The second-order valence-corrected chi connectivity index (χ2v) is 5.76. The number of guanidine groups is 1. The number of hydrogen-bond donors (Lipinski definition) is 2. The molecule has 17 heavy (non-hydrogen) atoms. The van der Waals surface area contributed by atoms with Crippen LogP contribution in [0.4, 0.5) is 0 Å². The van der Waals surface area contributed by atoms with Gasteiger partial charge in [0.25, 0.3) is 0 Å². The van der Waals surface area contributed by atoms with Gasteiger partial charge >= 0.3 is 0 Å². The zero-order chi connectivity index (χ0) is 12.7. The molecule has 1 fully saturated rings. The summed E-state index contributed by atoms with van der Waals surface area (Å²) in [6, 6.07) is 0. The minimum atomic E-state index is 0.513. The summed E-state index contributed by atoms with van der Waals surface area (Å²) in [5.41, 5.74) is 0.513. The smallest absolute Gasteiger partial charge is 0.190 e. The Bertz CT molecular complexity index is 240. The maximum absolute atomic E-state index is 4.24. The van der Waals surface area contributed by atoms with Gasteiger partial charge in [0, 0.05) is 20.1 Å². The third kappa shape index (κ3) is 4.57. The summed E-state index contributed by atoms with van der Waals surface area (Å²) in [5, 5.41) is 6.76. The SMILES string of the molecule is CCNC(=NC)NCC1(CC(C)C)CCCC1. The molecule has 0 aliphatic heterocycles. The first kappa shape index (κ1) is 14.3. The molecule has 0 atom stereocenters. The molecule has 0 unspecified atom stereocenters. The fourth-order valence-electron chi connectivity index (χ4n) is 3.10. The number of nitrogens with one attached hydrogen (secondary N) is 2. The topological polar surface area (TPSA) is 36.4 Å². The van der Waals surface area contributed by atoms with Gasteiger partial charge in [-0.2, -0.15) is 0 Å². The number of aliphatic imine (C=N–C) groups is 1. The lowest BCUT2D eigenvalue weighted by atomic mass is 9.78. The fraction of sp³-hybridized carbons (Fsp3) is 0.929. The predicted molar refractivity (Wildman–Crippen MR) is 75.4 cm³/mol. The largest absolute Gasteiger partial charge is 0.357 e. The summed E-state index contributed by atoms with van der Waals surface area (Å²) in [6.45, 7) is 8.77. The minimum absolute atomic E-state index is 0.513. The van der Waals surface area contributed by atoms with E-state index in [0.29, 0.717) is 5.41 Å². The highest BCUT2D eigenvalue weighted by atomic mass is 15.2. The molecule has 1 aliphatic rings. The van der Waals surface area contributed by atoms with Crippen LogP contribution in [0.25, 0.3) is 0 Å². The van der Waals surface area contributed by atoms with E-state index in [-0.39, 0.29) is 0 Å².